The van der Waals surface area contributed by atoms with E-state index < -0.39 is 5.97 Å². The number of ether oxygens (including phenoxy) is 1. The average molecular weight is 406 g/mol. The number of nitrogens with zero attached hydrogens (tertiary/aromatic N) is 2. The molecule has 0 fully saturated rings. The van der Waals surface area contributed by atoms with Gasteiger partial charge < -0.3 is 15.4 Å². The summed E-state index contributed by atoms with van der Waals surface area (Å²) in [5.41, 5.74) is 2.29. The van der Waals surface area contributed by atoms with E-state index in [2.05, 4.69) is 15.7 Å². The van der Waals surface area contributed by atoms with Gasteiger partial charge in [0, 0.05) is 11.9 Å². The van der Waals surface area contributed by atoms with Crippen LogP contribution in [0.3, 0.4) is 0 Å². The Morgan fingerprint density at radius 3 is 2.57 bits per heavy atom. The van der Waals surface area contributed by atoms with Crippen LogP contribution in [-0.4, -0.2) is 40.7 Å². The summed E-state index contributed by atoms with van der Waals surface area (Å²) in [6.07, 6.45) is 1.85. The van der Waals surface area contributed by atoms with Gasteiger partial charge in [-0.1, -0.05) is 36.4 Å². The third-order valence-electron chi connectivity index (χ3n) is 4.12. The maximum atomic E-state index is 12.2. The van der Waals surface area contributed by atoms with E-state index >= 15 is 0 Å². The number of esters is 1. The molecule has 0 radical (unpaired) electrons. The van der Waals surface area contributed by atoms with Crippen LogP contribution in [0.5, 0.6) is 0 Å². The Hall–Kier alpha value is -3.94. The largest absolute Gasteiger partial charge is 0.461 e. The third kappa shape index (κ3) is 5.78. The lowest BCUT2D eigenvalue weighted by Gasteiger charge is -2.09. The van der Waals surface area contributed by atoms with Crippen molar-refractivity contribution in [2.24, 2.45) is 0 Å². The summed E-state index contributed by atoms with van der Waals surface area (Å²) in [6, 6.07) is 17.9. The van der Waals surface area contributed by atoms with Gasteiger partial charge in [-0.25, -0.2) is 9.48 Å². The molecule has 0 bridgehead atoms. The molecule has 1 aromatic heterocycles. The Kier molecular flexibility index (Phi) is 6.94. The molecular weight excluding hydrogens is 384 g/mol. The fraction of sp³-hybridized carbons (Fsp3) is 0.182. The van der Waals surface area contributed by atoms with Crippen LogP contribution in [-0.2, 0) is 20.7 Å². The molecule has 0 aliphatic rings. The monoisotopic (exact) mass is 406 g/mol. The van der Waals surface area contributed by atoms with Gasteiger partial charge in [0.15, 0.2) is 5.69 Å². The van der Waals surface area contributed by atoms with E-state index in [1.165, 1.54) is 4.68 Å². The number of carbonyl (C=O) groups excluding carboxylic acids is 3. The number of hydrogen-bond acceptors (Lipinski definition) is 5. The first-order chi connectivity index (χ1) is 14.5. The summed E-state index contributed by atoms with van der Waals surface area (Å²) < 4.78 is 6.45. The van der Waals surface area contributed by atoms with E-state index in [1.807, 2.05) is 30.3 Å². The normalized spacial score (nSPS) is 10.3. The Balaban J connectivity index is 1.55. The molecule has 0 aliphatic carbocycles. The molecule has 0 saturated carbocycles. The zero-order valence-electron chi connectivity index (χ0n) is 16.5. The van der Waals surface area contributed by atoms with E-state index in [0.717, 1.165) is 5.56 Å². The number of nitrogens with one attached hydrogen (secondary N) is 2. The van der Waals surface area contributed by atoms with E-state index in [4.69, 9.17) is 4.74 Å². The second kappa shape index (κ2) is 10.0. The zero-order chi connectivity index (χ0) is 21.3. The molecule has 2 amide bonds. The van der Waals surface area contributed by atoms with Crippen LogP contribution in [0.4, 0.5) is 5.69 Å². The van der Waals surface area contributed by atoms with Gasteiger partial charge in [0.2, 0.25) is 11.8 Å². The van der Waals surface area contributed by atoms with Gasteiger partial charge in [0.05, 0.1) is 25.3 Å². The van der Waals surface area contributed by atoms with Crippen molar-refractivity contribution in [3.63, 3.8) is 0 Å². The fourth-order valence-electron chi connectivity index (χ4n) is 2.74. The number of benzene rings is 2. The van der Waals surface area contributed by atoms with E-state index in [9.17, 15) is 14.4 Å². The van der Waals surface area contributed by atoms with Crippen molar-refractivity contribution in [1.29, 1.82) is 0 Å². The minimum absolute atomic E-state index is 0.134. The Bertz CT molecular complexity index is 1030. The van der Waals surface area contributed by atoms with Crippen molar-refractivity contribution in [3.05, 3.63) is 78.1 Å². The lowest BCUT2D eigenvalue weighted by Crippen LogP contribution is -2.33. The van der Waals surface area contributed by atoms with Crippen molar-refractivity contribution >= 4 is 23.5 Å². The summed E-state index contributed by atoms with van der Waals surface area (Å²) in [4.78, 5) is 35.9. The van der Waals surface area contributed by atoms with Crippen LogP contribution in [0.15, 0.2) is 66.9 Å². The number of anilines is 1. The number of carbonyl (C=O) groups is 3. The van der Waals surface area contributed by atoms with Gasteiger partial charge in [0.1, 0.15) is 0 Å². The molecule has 0 spiro atoms. The van der Waals surface area contributed by atoms with Crippen molar-refractivity contribution < 1.29 is 19.1 Å². The standard InChI is InChI=1S/C22H22N4O4/c1-2-30-22(29)19-11-12-26(25-19)18-10-6-9-17(14-18)24-21(28)15-23-20(27)13-16-7-4-3-5-8-16/h3-12,14H,2,13,15H2,1H3,(H,23,27)(H,24,28). The van der Waals surface area contributed by atoms with Gasteiger partial charge in [0.25, 0.3) is 0 Å². The molecule has 1 heterocycles. The quantitative estimate of drug-likeness (QED) is 0.559. The maximum Gasteiger partial charge on any atom is 0.358 e. The van der Waals surface area contributed by atoms with E-state index in [0.29, 0.717) is 11.4 Å². The van der Waals surface area contributed by atoms with Gasteiger partial charge in [-0.15, -0.1) is 0 Å². The van der Waals surface area contributed by atoms with Crippen molar-refractivity contribution in [3.8, 4) is 5.69 Å². The first kappa shape index (κ1) is 20.8. The van der Waals surface area contributed by atoms with E-state index in [-0.39, 0.29) is 37.1 Å². The fourth-order valence-corrected chi connectivity index (χ4v) is 2.74. The van der Waals surface area contributed by atoms with Gasteiger partial charge in [-0.3, -0.25) is 9.59 Å². The van der Waals surface area contributed by atoms with Crippen LogP contribution >= 0.6 is 0 Å². The molecule has 0 aliphatic heterocycles. The number of rotatable bonds is 8. The smallest absolute Gasteiger partial charge is 0.358 e. The van der Waals surface area contributed by atoms with Crippen LogP contribution in [0.1, 0.15) is 23.0 Å². The summed E-state index contributed by atoms with van der Waals surface area (Å²) in [5.74, 6) is -1.07. The summed E-state index contributed by atoms with van der Waals surface area (Å²) in [6.45, 7) is 1.87. The highest BCUT2D eigenvalue weighted by atomic mass is 16.5. The highest BCUT2D eigenvalue weighted by molar-refractivity contribution is 5.95. The molecule has 0 atom stereocenters. The predicted molar refractivity (Wildman–Crippen MR) is 111 cm³/mol. The van der Waals surface area contributed by atoms with E-state index in [1.54, 1.807) is 43.5 Å². The first-order valence-corrected chi connectivity index (χ1v) is 9.49. The second-order valence-corrected chi connectivity index (χ2v) is 6.40. The highest BCUT2D eigenvalue weighted by Crippen LogP contribution is 2.15. The Morgan fingerprint density at radius 1 is 1.00 bits per heavy atom. The minimum atomic E-state index is -0.494. The molecule has 3 aromatic rings. The van der Waals surface area contributed by atoms with Crippen LogP contribution in [0.2, 0.25) is 0 Å². The molecule has 154 valence electrons. The molecule has 0 saturated heterocycles. The van der Waals surface area contributed by atoms with Crippen molar-refractivity contribution in [2.45, 2.75) is 13.3 Å². The number of hydrogen-bond donors (Lipinski definition) is 2. The highest BCUT2D eigenvalue weighted by Gasteiger charge is 2.12. The molecule has 8 heteroatoms. The summed E-state index contributed by atoms with van der Waals surface area (Å²) in [5, 5.41) is 9.53. The Morgan fingerprint density at radius 2 is 1.80 bits per heavy atom. The molecule has 3 rings (SSSR count). The Labute approximate surface area is 173 Å². The lowest BCUT2D eigenvalue weighted by atomic mass is 10.1. The van der Waals surface area contributed by atoms with Gasteiger partial charge in [-0.2, -0.15) is 5.10 Å². The van der Waals surface area contributed by atoms with Crippen molar-refractivity contribution in [2.75, 3.05) is 18.5 Å². The van der Waals surface area contributed by atoms with Gasteiger partial charge >= 0.3 is 5.97 Å². The minimum Gasteiger partial charge on any atom is -0.461 e. The van der Waals surface area contributed by atoms with Crippen LogP contribution in [0, 0.1) is 0 Å². The van der Waals surface area contributed by atoms with Crippen molar-refractivity contribution in [1.82, 2.24) is 15.1 Å². The molecule has 2 aromatic carbocycles. The lowest BCUT2D eigenvalue weighted by molar-refractivity contribution is -0.123. The number of aromatic nitrogens is 2. The topological polar surface area (TPSA) is 102 Å². The summed E-state index contributed by atoms with van der Waals surface area (Å²) in [7, 11) is 0. The first-order valence-electron chi connectivity index (χ1n) is 9.49. The third-order valence-corrected chi connectivity index (χ3v) is 4.12. The predicted octanol–water partition coefficient (Wildman–Crippen LogP) is 2.35. The molecule has 30 heavy (non-hydrogen) atoms. The molecule has 2 N–H and O–H groups in total. The SMILES string of the molecule is CCOC(=O)c1ccn(-c2cccc(NC(=O)CNC(=O)Cc3ccccc3)c2)n1. The van der Waals surface area contributed by atoms with Crippen LogP contribution < -0.4 is 10.6 Å². The molecule has 0 unspecified atom stereocenters. The average Bonchev–Trinajstić information content (AvgIpc) is 3.24. The van der Waals surface area contributed by atoms with Gasteiger partial charge in [-0.05, 0) is 36.8 Å². The number of amides is 2. The molecular formula is C22H22N4O4. The van der Waals surface area contributed by atoms with Crippen LogP contribution in [0.25, 0.3) is 5.69 Å². The molecule has 8 nitrogen and oxygen atoms in total. The second-order valence-electron chi connectivity index (χ2n) is 6.40. The maximum absolute atomic E-state index is 12.2. The zero-order valence-corrected chi connectivity index (χ0v) is 16.5. The summed E-state index contributed by atoms with van der Waals surface area (Å²) >= 11 is 0.